The molecule has 7 heteroatoms. The summed E-state index contributed by atoms with van der Waals surface area (Å²) in [6.45, 7) is 1.62. The van der Waals surface area contributed by atoms with Crippen LogP contribution in [0.1, 0.15) is 18.6 Å². The van der Waals surface area contributed by atoms with E-state index in [1.165, 1.54) is 26.4 Å². The van der Waals surface area contributed by atoms with E-state index in [0.717, 1.165) is 0 Å². The summed E-state index contributed by atoms with van der Waals surface area (Å²) in [5.41, 5.74) is 0.957. The summed E-state index contributed by atoms with van der Waals surface area (Å²) in [6.07, 6.45) is -0.651. The molecule has 0 fully saturated rings. The number of aliphatic hydroxyl groups is 1. The van der Waals surface area contributed by atoms with Crippen LogP contribution in [0.3, 0.4) is 0 Å². The van der Waals surface area contributed by atoms with Crippen LogP contribution < -0.4 is 14.2 Å². The zero-order valence-corrected chi connectivity index (χ0v) is 13.9. The molecular weight excluding hydrogens is 318 g/mol. The molecule has 0 amide bonds. The normalized spacial score (nSPS) is 12.5. The fourth-order valence-corrected chi connectivity index (χ4v) is 3.08. The van der Waals surface area contributed by atoms with Crippen molar-refractivity contribution in [2.24, 2.45) is 0 Å². The summed E-state index contributed by atoms with van der Waals surface area (Å²) >= 11 is 0. The van der Waals surface area contributed by atoms with Gasteiger partial charge in [0.2, 0.25) is 0 Å². The molecule has 0 bridgehead atoms. The van der Waals surface area contributed by atoms with Crippen molar-refractivity contribution in [3.8, 4) is 11.5 Å². The standard InChI is InChI=1S/C16H19NO5S/c1-11(18)12-4-7-14(8-5-12)23(19,20)17-15-9-6-13(21-2)10-16(15)22-3/h4-11,17-18H,1-3H3. The number of sulfonamides is 1. The molecule has 23 heavy (non-hydrogen) atoms. The summed E-state index contributed by atoms with van der Waals surface area (Å²) < 4.78 is 37.6. The van der Waals surface area contributed by atoms with Gasteiger partial charge in [0, 0.05) is 6.07 Å². The molecule has 0 saturated carbocycles. The molecule has 2 aromatic carbocycles. The van der Waals surface area contributed by atoms with Gasteiger partial charge in [-0.15, -0.1) is 0 Å². The van der Waals surface area contributed by atoms with E-state index < -0.39 is 16.1 Å². The molecule has 0 aliphatic carbocycles. The second-order valence-corrected chi connectivity index (χ2v) is 6.60. The van der Waals surface area contributed by atoms with Crippen molar-refractivity contribution in [2.75, 3.05) is 18.9 Å². The maximum Gasteiger partial charge on any atom is 0.262 e. The van der Waals surface area contributed by atoms with Gasteiger partial charge in [0.25, 0.3) is 10.0 Å². The van der Waals surface area contributed by atoms with E-state index in [4.69, 9.17) is 9.47 Å². The number of hydrogen-bond acceptors (Lipinski definition) is 5. The number of ether oxygens (including phenoxy) is 2. The summed E-state index contributed by atoms with van der Waals surface area (Å²) in [7, 11) is -0.796. The van der Waals surface area contributed by atoms with Crippen molar-refractivity contribution in [1.82, 2.24) is 0 Å². The minimum atomic E-state index is -3.76. The second-order valence-electron chi connectivity index (χ2n) is 4.92. The van der Waals surface area contributed by atoms with Crippen molar-refractivity contribution in [3.63, 3.8) is 0 Å². The number of methoxy groups -OCH3 is 2. The highest BCUT2D eigenvalue weighted by Gasteiger charge is 2.17. The van der Waals surface area contributed by atoms with Gasteiger partial charge in [0.05, 0.1) is 30.9 Å². The van der Waals surface area contributed by atoms with Gasteiger partial charge in [-0.25, -0.2) is 8.42 Å². The average molecular weight is 337 g/mol. The van der Waals surface area contributed by atoms with Crippen LogP contribution in [-0.4, -0.2) is 27.7 Å². The predicted molar refractivity (Wildman–Crippen MR) is 87.4 cm³/mol. The molecule has 124 valence electrons. The topological polar surface area (TPSA) is 84.9 Å². The highest BCUT2D eigenvalue weighted by molar-refractivity contribution is 7.92. The predicted octanol–water partition coefficient (Wildman–Crippen LogP) is 2.56. The third kappa shape index (κ3) is 3.94. The number of hydrogen-bond donors (Lipinski definition) is 2. The van der Waals surface area contributed by atoms with Gasteiger partial charge in [-0.05, 0) is 36.8 Å². The minimum absolute atomic E-state index is 0.0970. The lowest BCUT2D eigenvalue weighted by Gasteiger charge is -2.13. The SMILES string of the molecule is COc1ccc(NS(=O)(=O)c2ccc(C(C)O)cc2)c(OC)c1. The quantitative estimate of drug-likeness (QED) is 0.846. The molecule has 2 aromatic rings. The Morgan fingerprint density at radius 2 is 1.70 bits per heavy atom. The Kier molecular flexibility index (Phi) is 5.12. The molecule has 1 atom stereocenters. The molecule has 2 N–H and O–H groups in total. The average Bonchev–Trinajstić information content (AvgIpc) is 2.55. The first kappa shape index (κ1) is 17.1. The zero-order valence-electron chi connectivity index (χ0n) is 13.1. The molecule has 0 heterocycles. The van der Waals surface area contributed by atoms with Gasteiger partial charge in [-0.2, -0.15) is 0 Å². The molecule has 0 aromatic heterocycles. The van der Waals surface area contributed by atoms with E-state index >= 15 is 0 Å². The fourth-order valence-electron chi connectivity index (χ4n) is 2.01. The Hall–Kier alpha value is -2.25. The lowest BCUT2D eigenvalue weighted by molar-refractivity contribution is 0.199. The van der Waals surface area contributed by atoms with Crippen LogP contribution in [0.2, 0.25) is 0 Å². The summed E-state index contributed by atoms with van der Waals surface area (Å²) in [5.74, 6) is 0.916. The summed E-state index contributed by atoms with van der Waals surface area (Å²) in [4.78, 5) is 0.0970. The molecule has 2 rings (SSSR count). The number of nitrogens with one attached hydrogen (secondary N) is 1. The fraction of sp³-hybridized carbons (Fsp3) is 0.250. The molecule has 6 nitrogen and oxygen atoms in total. The van der Waals surface area contributed by atoms with Crippen LogP contribution in [0.5, 0.6) is 11.5 Å². The minimum Gasteiger partial charge on any atom is -0.497 e. The maximum atomic E-state index is 12.4. The third-order valence-electron chi connectivity index (χ3n) is 3.33. The first-order chi connectivity index (χ1) is 10.9. The van der Waals surface area contributed by atoms with E-state index in [1.54, 1.807) is 37.3 Å². The Balaban J connectivity index is 2.31. The second kappa shape index (κ2) is 6.89. The van der Waals surface area contributed by atoms with E-state index in [0.29, 0.717) is 22.7 Å². The maximum absolute atomic E-state index is 12.4. The highest BCUT2D eigenvalue weighted by atomic mass is 32.2. The van der Waals surface area contributed by atoms with Gasteiger partial charge in [0.15, 0.2) is 0 Å². The van der Waals surface area contributed by atoms with E-state index in [1.807, 2.05) is 0 Å². The molecule has 0 spiro atoms. The summed E-state index contributed by atoms with van der Waals surface area (Å²) in [6, 6.07) is 10.8. The lowest BCUT2D eigenvalue weighted by Crippen LogP contribution is -2.13. The van der Waals surface area contributed by atoms with Crippen LogP contribution in [0.4, 0.5) is 5.69 Å². The van der Waals surface area contributed by atoms with E-state index in [-0.39, 0.29) is 4.90 Å². The molecule has 0 aliphatic rings. The monoisotopic (exact) mass is 337 g/mol. The van der Waals surface area contributed by atoms with Gasteiger partial charge < -0.3 is 14.6 Å². The van der Waals surface area contributed by atoms with Crippen LogP contribution in [0.25, 0.3) is 0 Å². The van der Waals surface area contributed by atoms with Gasteiger partial charge >= 0.3 is 0 Å². The van der Waals surface area contributed by atoms with Crippen LogP contribution >= 0.6 is 0 Å². The molecule has 0 radical (unpaired) electrons. The van der Waals surface area contributed by atoms with E-state index in [2.05, 4.69) is 4.72 Å². The Labute approximate surface area is 135 Å². The first-order valence-electron chi connectivity index (χ1n) is 6.90. The Bertz CT molecular complexity index is 770. The van der Waals surface area contributed by atoms with Crippen molar-refractivity contribution >= 4 is 15.7 Å². The molecule has 0 saturated heterocycles. The Morgan fingerprint density at radius 1 is 1.04 bits per heavy atom. The smallest absolute Gasteiger partial charge is 0.262 e. The Morgan fingerprint density at radius 3 is 2.22 bits per heavy atom. The van der Waals surface area contributed by atoms with E-state index in [9.17, 15) is 13.5 Å². The number of rotatable bonds is 6. The van der Waals surface area contributed by atoms with Crippen molar-refractivity contribution < 1.29 is 23.0 Å². The van der Waals surface area contributed by atoms with Crippen molar-refractivity contribution in [2.45, 2.75) is 17.9 Å². The largest absolute Gasteiger partial charge is 0.497 e. The summed E-state index contributed by atoms with van der Waals surface area (Å²) in [5, 5.41) is 9.48. The third-order valence-corrected chi connectivity index (χ3v) is 4.71. The van der Waals surface area contributed by atoms with Crippen molar-refractivity contribution in [1.29, 1.82) is 0 Å². The zero-order chi connectivity index (χ0) is 17.0. The van der Waals surface area contributed by atoms with Gasteiger partial charge in [0.1, 0.15) is 11.5 Å². The molecular formula is C16H19NO5S. The number of benzene rings is 2. The molecule has 1 unspecified atom stereocenters. The first-order valence-corrected chi connectivity index (χ1v) is 8.38. The van der Waals surface area contributed by atoms with Gasteiger partial charge in [-0.3, -0.25) is 4.72 Å². The molecule has 0 aliphatic heterocycles. The number of anilines is 1. The van der Waals surface area contributed by atoms with Crippen LogP contribution in [-0.2, 0) is 10.0 Å². The van der Waals surface area contributed by atoms with Crippen LogP contribution in [0, 0.1) is 0 Å². The highest BCUT2D eigenvalue weighted by Crippen LogP contribution is 2.31. The van der Waals surface area contributed by atoms with Gasteiger partial charge in [-0.1, -0.05) is 12.1 Å². The number of aliphatic hydroxyl groups excluding tert-OH is 1. The van der Waals surface area contributed by atoms with Crippen LogP contribution in [0.15, 0.2) is 47.4 Å². The lowest BCUT2D eigenvalue weighted by atomic mass is 10.1. The van der Waals surface area contributed by atoms with Crippen molar-refractivity contribution in [3.05, 3.63) is 48.0 Å².